The van der Waals surface area contributed by atoms with Crippen LogP contribution in [0.15, 0.2) is 48.5 Å². The molecular formula is C19H19N3O4S. The molecule has 1 unspecified atom stereocenters. The third kappa shape index (κ3) is 4.73. The number of methoxy groups -OCH3 is 2. The summed E-state index contributed by atoms with van der Waals surface area (Å²) in [4.78, 5) is 12.3. The van der Waals surface area contributed by atoms with Gasteiger partial charge in [-0.15, -0.1) is 10.2 Å². The molecule has 0 saturated carbocycles. The average Bonchev–Trinajstić information content (AvgIpc) is 3.17. The van der Waals surface area contributed by atoms with E-state index in [-0.39, 0.29) is 5.91 Å². The Morgan fingerprint density at radius 3 is 2.07 bits per heavy atom. The van der Waals surface area contributed by atoms with E-state index in [9.17, 15) is 4.79 Å². The summed E-state index contributed by atoms with van der Waals surface area (Å²) in [5.74, 6) is 1.76. The number of benzene rings is 2. The van der Waals surface area contributed by atoms with Crippen LogP contribution in [0.5, 0.6) is 17.2 Å². The minimum atomic E-state index is -0.688. The number of amides is 1. The van der Waals surface area contributed by atoms with E-state index in [1.54, 1.807) is 45.4 Å². The zero-order valence-corrected chi connectivity index (χ0v) is 15.9. The van der Waals surface area contributed by atoms with Gasteiger partial charge < -0.3 is 14.2 Å². The number of hydrogen-bond donors (Lipinski definition) is 1. The largest absolute Gasteiger partial charge is 0.497 e. The number of carbonyl (C=O) groups is 1. The highest BCUT2D eigenvalue weighted by Crippen LogP contribution is 2.28. The fourth-order valence-corrected chi connectivity index (χ4v) is 2.99. The first-order chi connectivity index (χ1) is 13.1. The van der Waals surface area contributed by atoms with Crippen molar-refractivity contribution in [2.24, 2.45) is 0 Å². The molecular weight excluding hydrogens is 366 g/mol. The monoisotopic (exact) mass is 385 g/mol. The van der Waals surface area contributed by atoms with Crippen LogP contribution in [-0.2, 0) is 4.79 Å². The lowest BCUT2D eigenvalue weighted by atomic mass is 10.2. The van der Waals surface area contributed by atoms with Gasteiger partial charge in [-0.1, -0.05) is 11.3 Å². The summed E-state index contributed by atoms with van der Waals surface area (Å²) < 4.78 is 15.9. The van der Waals surface area contributed by atoms with Crippen LogP contribution < -0.4 is 19.5 Å². The number of nitrogens with one attached hydrogen (secondary N) is 1. The van der Waals surface area contributed by atoms with Crippen LogP contribution in [0.3, 0.4) is 0 Å². The van der Waals surface area contributed by atoms with Crippen molar-refractivity contribution >= 4 is 22.4 Å². The molecule has 0 saturated heterocycles. The summed E-state index contributed by atoms with van der Waals surface area (Å²) >= 11 is 1.29. The molecule has 0 bridgehead atoms. The van der Waals surface area contributed by atoms with Gasteiger partial charge in [-0.05, 0) is 55.5 Å². The molecule has 2 aromatic carbocycles. The lowest BCUT2D eigenvalue weighted by molar-refractivity contribution is -0.122. The fourth-order valence-electron chi connectivity index (χ4n) is 2.24. The van der Waals surface area contributed by atoms with Gasteiger partial charge in [0.25, 0.3) is 5.91 Å². The molecule has 0 fully saturated rings. The van der Waals surface area contributed by atoms with Crippen LogP contribution in [0.25, 0.3) is 10.6 Å². The lowest BCUT2D eigenvalue weighted by Gasteiger charge is -2.13. The van der Waals surface area contributed by atoms with Crippen LogP contribution in [0.4, 0.5) is 5.13 Å². The fraction of sp³-hybridized carbons (Fsp3) is 0.211. The number of ether oxygens (including phenoxy) is 3. The van der Waals surface area contributed by atoms with Gasteiger partial charge in [0.2, 0.25) is 5.13 Å². The number of hydrogen-bond acceptors (Lipinski definition) is 7. The van der Waals surface area contributed by atoms with E-state index < -0.39 is 6.10 Å². The van der Waals surface area contributed by atoms with E-state index in [0.717, 1.165) is 17.1 Å². The molecule has 140 valence electrons. The molecule has 27 heavy (non-hydrogen) atoms. The van der Waals surface area contributed by atoms with Gasteiger partial charge in [0, 0.05) is 5.56 Å². The summed E-state index contributed by atoms with van der Waals surface area (Å²) in [5, 5.41) is 12.0. The molecule has 0 aliphatic heterocycles. The smallest absolute Gasteiger partial charge is 0.266 e. The highest BCUT2D eigenvalue weighted by atomic mass is 32.1. The second-order valence-corrected chi connectivity index (χ2v) is 6.54. The average molecular weight is 385 g/mol. The zero-order chi connectivity index (χ0) is 19.2. The van der Waals surface area contributed by atoms with Gasteiger partial charge in [-0.25, -0.2) is 0 Å². The molecule has 1 atom stereocenters. The topological polar surface area (TPSA) is 82.6 Å². The summed E-state index contributed by atoms with van der Waals surface area (Å²) in [5.41, 5.74) is 0.899. The first-order valence-corrected chi connectivity index (χ1v) is 9.00. The predicted molar refractivity (Wildman–Crippen MR) is 104 cm³/mol. The van der Waals surface area contributed by atoms with E-state index in [0.29, 0.717) is 15.9 Å². The first kappa shape index (κ1) is 18.7. The maximum atomic E-state index is 12.3. The molecule has 1 aromatic heterocycles. The molecule has 8 heteroatoms. The van der Waals surface area contributed by atoms with Crippen LogP contribution in [0.1, 0.15) is 6.92 Å². The van der Waals surface area contributed by atoms with Crippen LogP contribution in [0.2, 0.25) is 0 Å². The summed E-state index contributed by atoms with van der Waals surface area (Å²) in [6.45, 7) is 1.67. The van der Waals surface area contributed by atoms with Crippen molar-refractivity contribution in [3.63, 3.8) is 0 Å². The Balaban J connectivity index is 1.60. The minimum Gasteiger partial charge on any atom is -0.497 e. The Morgan fingerprint density at radius 1 is 0.926 bits per heavy atom. The molecule has 7 nitrogen and oxygen atoms in total. The van der Waals surface area contributed by atoms with E-state index in [2.05, 4.69) is 15.5 Å². The zero-order valence-electron chi connectivity index (χ0n) is 15.1. The molecule has 3 rings (SSSR count). The van der Waals surface area contributed by atoms with E-state index in [1.165, 1.54) is 11.3 Å². The molecule has 0 aliphatic carbocycles. The Kier molecular flexibility index (Phi) is 5.87. The first-order valence-electron chi connectivity index (χ1n) is 8.18. The van der Waals surface area contributed by atoms with Crippen molar-refractivity contribution in [1.82, 2.24) is 10.2 Å². The van der Waals surface area contributed by atoms with Crippen molar-refractivity contribution < 1.29 is 19.0 Å². The standard InChI is InChI=1S/C19H19N3O4S/c1-12(26-16-10-8-15(25-3)9-11-16)17(23)20-19-22-21-18(27-19)13-4-6-14(24-2)7-5-13/h4-12H,1-3H3,(H,20,22,23). The van der Waals surface area contributed by atoms with E-state index in [1.807, 2.05) is 24.3 Å². The Labute approximate surface area is 160 Å². The van der Waals surface area contributed by atoms with E-state index in [4.69, 9.17) is 14.2 Å². The van der Waals surface area contributed by atoms with Gasteiger partial charge in [0.05, 0.1) is 14.2 Å². The molecule has 0 spiro atoms. The molecule has 1 amide bonds. The van der Waals surface area contributed by atoms with Gasteiger partial charge in [-0.3, -0.25) is 10.1 Å². The van der Waals surface area contributed by atoms with Crippen LogP contribution >= 0.6 is 11.3 Å². The number of rotatable bonds is 7. The molecule has 0 aliphatic rings. The van der Waals surface area contributed by atoms with Crippen molar-refractivity contribution in [2.45, 2.75) is 13.0 Å². The second-order valence-electron chi connectivity index (χ2n) is 5.57. The summed E-state index contributed by atoms with van der Waals surface area (Å²) in [6, 6.07) is 14.5. The Morgan fingerprint density at radius 2 is 1.48 bits per heavy atom. The van der Waals surface area contributed by atoms with Gasteiger partial charge in [0.1, 0.15) is 22.3 Å². The van der Waals surface area contributed by atoms with Crippen molar-refractivity contribution in [3.8, 4) is 27.8 Å². The lowest BCUT2D eigenvalue weighted by Crippen LogP contribution is -2.30. The highest BCUT2D eigenvalue weighted by Gasteiger charge is 2.17. The Bertz CT molecular complexity index is 894. The van der Waals surface area contributed by atoms with Crippen LogP contribution in [0, 0.1) is 0 Å². The number of anilines is 1. The van der Waals surface area contributed by atoms with Gasteiger partial charge in [0.15, 0.2) is 6.10 Å². The molecule has 1 heterocycles. The molecule has 1 N–H and O–H groups in total. The quantitative estimate of drug-likeness (QED) is 0.669. The maximum absolute atomic E-state index is 12.3. The van der Waals surface area contributed by atoms with Crippen molar-refractivity contribution in [1.29, 1.82) is 0 Å². The van der Waals surface area contributed by atoms with Crippen molar-refractivity contribution in [2.75, 3.05) is 19.5 Å². The Hall–Kier alpha value is -3.13. The third-order valence-corrected chi connectivity index (χ3v) is 4.62. The van der Waals surface area contributed by atoms with Gasteiger partial charge >= 0.3 is 0 Å². The van der Waals surface area contributed by atoms with E-state index >= 15 is 0 Å². The second kappa shape index (κ2) is 8.50. The summed E-state index contributed by atoms with van der Waals surface area (Å²) in [6.07, 6.45) is -0.688. The highest BCUT2D eigenvalue weighted by molar-refractivity contribution is 7.18. The SMILES string of the molecule is COc1ccc(OC(C)C(=O)Nc2nnc(-c3ccc(OC)cc3)s2)cc1. The minimum absolute atomic E-state index is 0.303. The predicted octanol–water partition coefficient (Wildman–Crippen LogP) is 3.63. The third-order valence-electron chi connectivity index (χ3n) is 3.73. The molecule has 3 aromatic rings. The summed E-state index contributed by atoms with van der Waals surface area (Å²) in [7, 11) is 3.21. The van der Waals surface area contributed by atoms with Gasteiger partial charge in [-0.2, -0.15) is 0 Å². The maximum Gasteiger partial charge on any atom is 0.266 e. The number of carbonyl (C=O) groups excluding carboxylic acids is 1. The number of nitrogens with zero attached hydrogens (tertiary/aromatic N) is 2. The van der Waals surface area contributed by atoms with Crippen molar-refractivity contribution in [3.05, 3.63) is 48.5 Å². The van der Waals surface area contributed by atoms with Crippen LogP contribution in [-0.4, -0.2) is 36.4 Å². The number of aromatic nitrogens is 2. The normalized spacial score (nSPS) is 11.5. The molecule has 0 radical (unpaired) electrons.